The van der Waals surface area contributed by atoms with E-state index in [1.807, 2.05) is 23.1 Å². The van der Waals surface area contributed by atoms with Crippen LogP contribution in [0.15, 0.2) is 82.4 Å². The molecule has 0 spiro atoms. The van der Waals surface area contributed by atoms with E-state index in [0.29, 0.717) is 53.0 Å². The van der Waals surface area contributed by atoms with Crippen LogP contribution >= 0.6 is 11.6 Å². The number of sulfonamides is 1. The number of hydrogen-bond acceptors (Lipinski definition) is 9. The van der Waals surface area contributed by atoms with E-state index < -0.39 is 27.5 Å². The van der Waals surface area contributed by atoms with Crippen LogP contribution in [-0.4, -0.2) is 51.0 Å². The molecule has 1 aromatic heterocycles. The Morgan fingerprint density at radius 3 is 2.51 bits per heavy atom. The molecule has 236 valence electrons. The Balaban J connectivity index is 1.62. The van der Waals surface area contributed by atoms with E-state index in [2.05, 4.69) is 24.1 Å². The van der Waals surface area contributed by atoms with Gasteiger partial charge >= 0.3 is 0 Å². The molecule has 0 aliphatic carbocycles. The second-order valence-electron chi connectivity index (χ2n) is 11.4. The van der Waals surface area contributed by atoms with Gasteiger partial charge in [0.05, 0.1) is 37.0 Å². The van der Waals surface area contributed by atoms with Crippen molar-refractivity contribution >= 4 is 33.2 Å². The summed E-state index contributed by atoms with van der Waals surface area (Å²) in [6, 6.07) is 16.3. The van der Waals surface area contributed by atoms with E-state index in [0.717, 1.165) is 16.3 Å². The first-order valence-corrected chi connectivity index (χ1v) is 16.6. The first-order valence-electron chi connectivity index (χ1n) is 14.7. The zero-order valence-corrected chi connectivity index (χ0v) is 27.1. The number of carbonyl (C=O) groups is 1. The average molecular weight is 651 g/mol. The quantitative estimate of drug-likeness (QED) is 0.232. The number of amides is 1. The van der Waals surface area contributed by atoms with Gasteiger partial charge in [-0.1, -0.05) is 37.6 Å². The molecule has 3 aromatic carbocycles. The van der Waals surface area contributed by atoms with Crippen LogP contribution in [0, 0.1) is 0 Å². The zero-order chi connectivity index (χ0) is 31.9. The number of methoxy groups -OCH3 is 2. The van der Waals surface area contributed by atoms with E-state index in [4.69, 9.17) is 25.5 Å². The molecule has 2 aliphatic rings. The molecule has 2 aliphatic heterocycles. The summed E-state index contributed by atoms with van der Waals surface area (Å²) in [5, 5.41) is 3.77. The standard InChI is InChI=1S/C33H35ClN4O6S/c1-21(2)36-20-22-7-13-26(30(18-22)43-4)33(37-16-5-6-29(37)31-35-15-17-44-31)27-19-23(34)8-14-28(27)38(32(33)39)45(40,41)25-11-9-24(42-3)10-12-25/h7-15,17-19,21,29,36H,5-6,16,20H2,1-4H3. The lowest BCUT2D eigenvalue weighted by Gasteiger charge is -2.41. The normalized spacial score (nSPS) is 20.2. The van der Waals surface area contributed by atoms with E-state index in [1.54, 1.807) is 43.6 Å². The van der Waals surface area contributed by atoms with Crippen molar-refractivity contribution in [1.29, 1.82) is 0 Å². The van der Waals surface area contributed by atoms with Crippen LogP contribution in [0.5, 0.6) is 11.5 Å². The number of likely N-dealkylation sites (tertiary alicyclic amines) is 1. The van der Waals surface area contributed by atoms with Gasteiger partial charge in [0.25, 0.3) is 15.9 Å². The van der Waals surface area contributed by atoms with Crippen LogP contribution in [0.2, 0.25) is 5.02 Å². The fraction of sp³-hybridized carbons (Fsp3) is 0.333. The lowest BCUT2D eigenvalue weighted by atomic mass is 9.80. The zero-order valence-electron chi connectivity index (χ0n) is 25.5. The molecule has 6 rings (SSSR count). The van der Waals surface area contributed by atoms with Gasteiger partial charge in [0, 0.05) is 35.3 Å². The molecule has 12 heteroatoms. The third-order valence-corrected chi connectivity index (χ3v) is 10.4. The number of aromatic nitrogens is 1. The first-order chi connectivity index (χ1) is 21.6. The lowest BCUT2D eigenvalue weighted by molar-refractivity contribution is -0.127. The number of benzene rings is 3. The maximum atomic E-state index is 15.3. The Bertz CT molecular complexity index is 1810. The Morgan fingerprint density at radius 2 is 1.84 bits per heavy atom. The Morgan fingerprint density at radius 1 is 1.07 bits per heavy atom. The summed E-state index contributed by atoms with van der Waals surface area (Å²) in [6.07, 6.45) is 4.44. The van der Waals surface area contributed by atoms with Crippen LogP contribution in [0.1, 0.15) is 55.3 Å². The van der Waals surface area contributed by atoms with Crippen molar-refractivity contribution in [1.82, 2.24) is 15.2 Å². The molecular weight excluding hydrogens is 616 g/mol. The summed E-state index contributed by atoms with van der Waals surface area (Å²) < 4.78 is 46.8. The van der Waals surface area contributed by atoms with Gasteiger partial charge in [0.15, 0.2) is 5.54 Å². The monoisotopic (exact) mass is 650 g/mol. The largest absolute Gasteiger partial charge is 0.497 e. The maximum absolute atomic E-state index is 15.3. The lowest BCUT2D eigenvalue weighted by Crippen LogP contribution is -2.54. The summed E-state index contributed by atoms with van der Waals surface area (Å²) in [5.74, 6) is 0.710. The molecular formula is C33H35ClN4O6S. The van der Waals surface area contributed by atoms with Gasteiger partial charge in [0.1, 0.15) is 17.8 Å². The number of rotatable bonds is 10. The van der Waals surface area contributed by atoms with Gasteiger partial charge < -0.3 is 19.2 Å². The van der Waals surface area contributed by atoms with Crippen LogP contribution in [0.4, 0.5) is 5.69 Å². The molecule has 2 unspecified atom stereocenters. The number of ether oxygens (including phenoxy) is 2. The average Bonchev–Trinajstić information content (AvgIpc) is 3.79. The minimum Gasteiger partial charge on any atom is -0.497 e. The van der Waals surface area contributed by atoms with Crippen LogP contribution in [0.3, 0.4) is 0 Å². The van der Waals surface area contributed by atoms with E-state index in [1.165, 1.54) is 25.5 Å². The highest BCUT2D eigenvalue weighted by Crippen LogP contribution is 2.56. The Labute approximate surface area is 268 Å². The highest BCUT2D eigenvalue weighted by atomic mass is 35.5. The summed E-state index contributed by atoms with van der Waals surface area (Å²) in [5.41, 5.74) is 0.445. The van der Waals surface area contributed by atoms with Gasteiger partial charge in [-0.05, 0) is 66.9 Å². The predicted molar refractivity (Wildman–Crippen MR) is 170 cm³/mol. The van der Waals surface area contributed by atoms with Crippen LogP contribution in [0.25, 0.3) is 0 Å². The second-order valence-corrected chi connectivity index (χ2v) is 13.6. The van der Waals surface area contributed by atoms with Crippen LogP contribution < -0.4 is 19.1 Å². The molecule has 1 N–H and O–H groups in total. The highest BCUT2D eigenvalue weighted by Gasteiger charge is 2.62. The number of anilines is 1. The van der Waals surface area contributed by atoms with E-state index in [9.17, 15) is 8.42 Å². The molecule has 2 atom stereocenters. The van der Waals surface area contributed by atoms with Gasteiger partial charge in [-0.15, -0.1) is 0 Å². The topological polar surface area (TPSA) is 114 Å². The number of nitrogens with zero attached hydrogens (tertiary/aromatic N) is 3. The first kappa shape index (κ1) is 31.1. The van der Waals surface area contributed by atoms with Crippen molar-refractivity contribution < 1.29 is 27.1 Å². The molecule has 3 heterocycles. The number of carbonyl (C=O) groups excluding carboxylic acids is 1. The van der Waals surface area contributed by atoms with Crippen LogP contribution in [-0.2, 0) is 26.9 Å². The fourth-order valence-corrected chi connectivity index (χ4v) is 8.05. The molecule has 10 nitrogen and oxygen atoms in total. The molecule has 45 heavy (non-hydrogen) atoms. The molecule has 1 amide bonds. The summed E-state index contributed by atoms with van der Waals surface area (Å²) in [7, 11) is -1.35. The third-order valence-electron chi connectivity index (χ3n) is 8.45. The van der Waals surface area contributed by atoms with Crippen molar-refractivity contribution in [2.24, 2.45) is 0 Å². The summed E-state index contributed by atoms with van der Waals surface area (Å²) in [6.45, 7) is 5.16. The van der Waals surface area contributed by atoms with Crippen molar-refractivity contribution in [3.63, 3.8) is 0 Å². The maximum Gasteiger partial charge on any atom is 0.271 e. The molecule has 0 bridgehead atoms. The summed E-state index contributed by atoms with van der Waals surface area (Å²) in [4.78, 5) is 21.7. The fourth-order valence-electron chi connectivity index (χ4n) is 6.42. The molecule has 0 radical (unpaired) electrons. The number of nitrogens with one attached hydrogen (secondary N) is 1. The van der Waals surface area contributed by atoms with Gasteiger partial charge in [-0.25, -0.2) is 17.7 Å². The number of oxazole rings is 1. The molecule has 0 saturated carbocycles. The van der Waals surface area contributed by atoms with Gasteiger partial charge in [0.2, 0.25) is 5.89 Å². The van der Waals surface area contributed by atoms with Gasteiger partial charge in [-0.2, -0.15) is 0 Å². The van der Waals surface area contributed by atoms with E-state index >= 15 is 4.79 Å². The van der Waals surface area contributed by atoms with Crippen molar-refractivity contribution in [3.05, 3.63) is 101 Å². The number of fused-ring (bicyclic) bond motifs is 1. The highest BCUT2D eigenvalue weighted by molar-refractivity contribution is 7.93. The SMILES string of the molecule is COc1ccc(S(=O)(=O)N2C(=O)C(c3ccc(CNC(C)C)cc3OC)(N3CCCC3c3ncco3)c3cc(Cl)ccc32)cc1. The van der Waals surface area contributed by atoms with Crippen molar-refractivity contribution in [2.75, 3.05) is 25.1 Å². The third kappa shape index (κ3) is 5.17. The molecule has 1 saturated heterocycles. The molecule has 1 fully saturated rings. The minimum atomic E-state index is -4.40. The summed E-state index contributed by atoms with van der Waals surface area (Å²) >= 11 is 6.63. The van der Waals surface area contributed by atoms with Crippen molar-refractivity contribution in [3.8, 4) is 11.5 Å². The number of hydrogen-bond donors (Lipinski definition) is 1. The smallest absolute Gasteiger partial charge is 0.271 e. The second kappa shape index (κ2) is 12.1. The van der Waals surface area contributed by atoms with E-state index in [-0.39, 0.29) is 16.6 Å². The predicted octanol–water partition coefficient (Wildman–Crippen LogP) is 5.66. The van der Waals surface area contributed by atoms with Crippen molar-refractivity contribution in [2.45, 2.75) is 55.8 Å². The molecule has 4 aromatic rings. The minimum absolute atomic E-state index is 0.0545. The van der Waals surface area contributed by atoms with Gasteiger partial charge in [-0.3, -0.25) is 9.69 Å². The Hall–Kier alpha value is -3.90. The Kier molecular flexibility index (Phi) is 8.38. The number of halogens is 1.